The minimum Gasteiger partial charge on any atom is -0.506 e. The molecule has 144 valence electrons. The smallest absolute Gasteiger partial charge is 0.241 e. The summed E-state index contributed by atoms with van der Waals surface area (Å²) >= 11 is 0. The second-order valence-corrected chi connectivity index (χ2v) is 7.05. The molecular weight excluding hydrogens is 352 g/mol. The molecule has 28 heavy (non-hydrogen) atoms. The summed E-state index contributed by atoms with van der Waals surface area (Å²) in [6.07, 6.45) is 1.75. The lowest BCUT2D eigenvalue weighted by molar-refractivity contribution is -0.120. The average molecular weight is 376 g/mol. The molecule has 4 rings (SSSR count). The van der Waals surface area contributed by atoms with Crippen LogP contribution >= 0.6 is 0 Å². The van der Waals surface area contributed by atoms with Crippen molar-refractivity contribution in [3.05, 3.63) is 60.8 Å². The Hall–Kier alpha value is -3.12. The van der Waals surface area contributed by atoms with Gasteiger partial charge in [-0.05, 0) is 43.3 Å². The van der Waals surface area contributed by atoms with Gasteiger partial charge < -0.3 is 15.3 Å². The van der Waals surface area contributed by atoms with Crippen molar-refractivity contribution in [1.29, 1.82) is 0 Å². The van der Waals surface area contributed by atoms with Gasteiger partial charge in [0.2, 0.25) is 5.91 Å². The van der Waals surface area contributed by atoms with Crippen molar-refractivity contribution in [2.75, 3.05) is 36.4 Å². The Kier molecular flexibility index (Phi) is 5.12. The molecule has 1 aliphatic rings. The van der Waals surface area contributed by atoms with Crippen molar-refractivity contribution >= 4 is 28.2 Å². The number of hydrogen-bond acceptors (Lipinski definition) is 5. The van der Waals surface area contributed by atoms with Gasteiger partial charge in [0.25, 0.3) is 0 Å². The third-order valence-electron chi connectivity index (χ3n) is 5.37. The van der Waals surface area contributed by atoms with Crippen molar-refractivity contribution in [3.8, 4) is 5.75 Å². The summed E-state index contributed by atoms with van der Waals surface area (Å²) in [4.78, 5) is 21.5. The van der Waals surface area contributed by atoms with Crippen LogP contribution in [0.15, 0.2) is 60.8 Å². The van der Waals surface area contributed by atoms with Gasteiger partial charge in [0, 0.05) is 37.8 Å². The Morgan fingerprint density at radius 1 is 1.04 bits per heavy atom. The molecule has 1 fully saturated rings. The molecule has 1 amide bonds. The summed E-state index contributed by atoms with van der Waals surface area (Å²) in [5.74, 6) is 0.277. The fourth-order valence-corrected chi connectivity index (χ4v) is 3.70. The lowest BCUT2D eigenvalue weighted by atomic mass is 10.1. The van der Waals surface area contributed by atoms with E-state index < -0.39 is 0 Å². The number of piperazine rings is 1. The number of phenols is 1. The topological polar surface area (TPSA) is 68.7 Å². The number of benzene rings is 2. The van der Waals surface area contributed by atoms with Crippen LogP contribution in [-0.4, -0.2) is 53.1 Å². The lowest BCUT2D eigenvalue weighted by Gasteiger charge is -2.38. The van der Waals surface area contributed by atoms with Crippen LogP contribution in [0.1, 0.15) is 6.92 Å². The van der Waals surface area contributed by atoms with E-state index in [1.165, 1.54) is 0 Å². The Balaban J connectivity index is 1.40. The van der Waals surface area contributed by atoms with Gasteiger partial charge in [-0.25, -0.2) is 0 Å². The fourth-order valence-electron chi connectivity index (χ4n) is 3.70. The largest absolute Gasteiger partial charge is 0.506 e. The van der Waals surface area contributed by atoms with Gasteiger partial charge in [0.15, 0.2) is 0 Å². The van der Waals surface area contributed by atoms with E-state index in [1.54, 1.807) is 12.3 Å². The number of nitrogens with one attached hydrogen (secondary N) is 1. The Morgan fingerprint density at radius 2 is 1.82 bits per heavy atom. The van der Waals surface area contributed by atoms with Crippen LogP contribution in [0.4, 0.5) is 11.4 Å². The molecular formula is C22H24N4O2. The molecule has 0 bridgehead atoms. The molecule has 6 nitrogen and oxygen atoms in total. The van der Waals surface area contributed by atoms with E-state index in [2.05, 4.69) is 20.1 Å². The van der Waals surface area contributed by atoms with Crippen molar-refractivity contribution < 1.29 is 9.90 Å². The summed E-state index contributed by atoms with van der Waals surface area (Å²) < 4.78 is 0. The van der Waals surface area contributed by atoms with E-state index in [0.717, 1.165) is 48.5 Å². The number of rotatable bonds is 4. The molecule has 1 aromatic heterocycles. The summed E-state index contributed by atoms with van der Waals surface area (Å²) in [6.45, 7) is 5.01. The van der Waals surface area contributed by atoms with E-state index in [4.69, 9.17) is 0 Å². The summed E-state index contributed by atoms with van der Waals surface area (Å²) in [5.41, 5.74) is 2.50. The number of aromatic nitrogens is 1. The molecule has 6 heteroatoms. The first-order valence-corrected chi connectivity index (χ1v) is 9.55. The van der Waals surface area contributed by atoms with E-state index in [9.17, 15) is 9.90 Å². The molecule has 2 N–H and O–H groups in total. The number of fused-ring (bicyclic) bond motifs is 1. The standard InChI is InChI=1S/C22H24N4O2/c1-16(22(28)24-19-8-4-7-18-17(19)6-5-11-23-18)25-12-14-26(15-13-25)20-9-2-3-10-21(20)27/h2-11,16,27H,12-15H2,1H3,(H,24,28). The number of carbonyl (C=O) groups excluding carboxylic acids is 1. The minimum absolute atomic E-state index is 0.0210. The predicted molar refractivity (Wildman–Crippen MR) is 112 cm³/mol. The zero-order chi connectivity index (χ0) is 19.5. The predicted octanol–water partition coefficient (Wildman–Crippen LogP) is 3.09. The number of amides is 1. The number of pyridine rings is 1. The molecule has 1 atom stereocenters. The van der Waals surface area contributed by atoms with Gasteiger partial charge in [-0.3, -0.25) is 14.7 Å². The zero-order valence-electron chi connectivity index (χ0n) is 15.9. The molecule has 0 spiro atoms. The normalized spacial score (nSPS) is 16.1. The van der Waals surface area contributed by atoms with Crippen molar-refractivity contribution in [3.63, 3.8) is 0 Å². The fraction of sp³-hybridized carbons (Fsp3) is 0.273. The SMILES string of the molecule is CC(C(=O)Nc1cccc2ncccc12)N1CCN(c2ccccc2O)CC1. The maximum atomic E-state index is 12.8. The summed E-state index contributed by atoms with van der Waals surface area (Å²) in [6, 6.07) is 16.7. The molecule has 0 radical (unpaired) electrons. The number of para-hydroxylation sites is 2. The Morgan fingerprint density at radius 3 is 2.61 bits per heavy atom. The maximum absolute atomic E-state index is 12.8. The summed E-state index contributed by atoms with van der Waals surface area (Å²) in [5, 5.41) is 14.1. The highest BCUT2D eigenvalue weighted by Gasteiger charge is 2.26. The maximum Gasteiger partial charge on any atom is 0.241 e. The lowest BCUT2D eigenvalue weighted by Crippen LogP contribution is -2.52. The first kappa shape index (κ1) is 18.3. The molecule has 0 saturated carbocycles. The van der Waals surface area contributed by atoms with Gasteiger partial charge in [0.05, 0.1) is 22.9 Å². The quantitative estimate of drug-likeness (QED) is 0.732. The highest BCUT2D eigenvalue weighted by atomic mass is 16.3. The van der Waals surface area contributed by atoms with Gasteiger partial charge in [-0.15, -0.1) is 0 Å². The highest BCUT2D eigenvalue weighted by molar-refractivity contribution is 6.02. The second kappa shape index (κ2) is 7.86. The van der Waals surface area contributed by atoms with Crippen molar-refractivity contribution in [2.45, 2.75) is 13.0 Å². The van der Waals surface area contributed by atoms with Crippen molar-refractivity contribution in [2.24, 2.45) is 0 Å². The molecule has 1 aliphatic heterocycles. The highest BCUT2D eigenvalue weighted by Crippen LogP contribution is 2.27. The van der Waals surface area contributed by atoms with Gasteiger partial charge in [0.1, 0.15) is 5.75 Å². The first-order chi connectivity index (χ1) is 13.6. The molecule has 1 unspecified atom stereocenters. The van der Waals surface area contributed by atoms with Crippen LogP contribution in [0.3, 0.4) is 0 Å². The third-order valence-corrected chi connectivity index (χ3v) is 5.37. The van der Waals surface area contributed by atoms with E-state index in [-0.39, 0.29) is 11.9 Å². The number of nitrogens with zero attached hydrogens (tertiary/aromatic N) is 3. The number of phenolic OH excluding ortho intramolecular Hbond substituents is 1. The van der Waals surface area contributed by atoms with Crippen LogP contribution in [0.25, 0.3) is 10.9 Å². The first-order valence-electron chi connectivity index (χ1n) is 9.55. The Labute approximate surface area is 164 Å². The number of aromatic hydroxyl groups is 1. The monoisotopic (exact) mass is 376 g/mol. The van der Waals surface area contributed by atoms with Gasteiger partial charge in [-0.1, -0.05) is 18.2 Å². The molecule has 3 aromatic rings. The van der Waals surface area contributed by atoms with E-state index >= 15 is 0 Å². The van der Waals surface area contributed by atoms with Crippen LogP contribution in [0.5, 0.6) is 5.75 Å². The van der Waals surface area contributed by atoms with Gasteiger partial charge in [-0.2, -0.15) is 0 Å². The molecule has 0 aliphatic carbocycles. The van der Waals surface area contributed by atoms with Gasteiger partial charge >= 0.3 is 0 Å². The van der Waals surface area contributed by atoms with E-state index in [1.807, 2.05) is 55.5 Å². The summed E-state index contributed by atoms with van der Waals surface area (Å²) in [7, 11) is 0. The number of anilines is 2. The van der Waals surface area contributed by atoms with Crippen LogP contribution in [0.2, 0.25) is 0 Å². The van der Waals surface area contributed by atoms with Crippen LogP contribution < -0.4 is 10.2 Å². The third kappa shape index (κ3) is 3.64. The molecule has 1 saturated heterocycles. The van der Waals surface area contributed by atoms with E-state index in [0.29, 0.717) is 5.75 Å². The van der Waals surface area contributed by atoms with Crippen LogP contribution in [-0.2, 0) is 4.79 Å². The second-order valence-electron chi connectivity index (χ2n) is 7.05. The van der Waals surface area contributed by atoms with Crippen LogP contribution in [0, 0.1) is 0 Å². The van der Waals surface area contributed by atoms with Crippen molar-refractivity contribution in [1.82, 2.24) is 9.88 Å². The number of hydrogen-bond donors (Lipinski definition) is 2. The average Bonchev–Trinajstić information content (AvgIpc) is 2.74. The minimum atomic E-state index is -0.238. The number of carbonyl (C=O) groups is 1. The molecule has 2 heterocycles. The Bertz CT molecular complexity index is 978. The zero-order valence-corrected chi connectivity index (χ0v) is 15.9. The molecule has 2 aromatic carbocycles.